The van der Waals surface area contributed by atoms with Crippen molar-refractivity contribution in [1.29, 1.82) is 0 Å². The summed E-state index contributed by atoms with van der Waals surface area (Å²) in [5.74, 6) is -0.362. The molecule has 3 rings (SSSR count). The van der Waals surface area contributed by atoms with E-state index >= 15 is 0 Å². The Bertz CT molecular complexity index is 905. The molecular formula is C19H16ClNO3. The lowest BCUT2D eigenvalue weighted by Crippen LogP contribution is -2.32. The van der Waals surface area contributed by atoms with Crippen LogP contribution in [0.2, 0.25) is 0 Å². The zero-order chi connectivity index (χ0) is 16.9. The number of benzene rings is 2. The summed E-state index contributed by atoms with van der Waals surface area (Å²) in [6.45, 7) is 0.548. The molecule has 0 aliphatic rings. The van der Waals surface area contributed by atoms with E-state index < -0.39 is 5.63 Å². The van der Waals surface area contributed by atoms with Gasteiger partial charge >= 0.3 is 5.63 Å². The van der Waals surface area contributed by atoms with Gasteiger partial charge in [0.25, 0.3) is 0 Å². The van der Waals surface area contributed by atoms with E-state index in [2.05, 4.69) is 0 Å². The summed E-state index contributed by atoms with van der Waals surface area (Å²) < 4.78 is 5.33. The Morgan fingerprint density at radius 1 is 1.00 bits per heavy atom. The summed E-state index contributed by atoms with van der Waals surface area (Å²) in [6.07, 6.45) is 0. The highest BCUT2D eigenvalue weighted by molar-refractivity contribution is 6.27. The lowest BCUT2D eigenvalue weighted by Gasteiger charge is -2.21. The lowest BCUT2D eigenvalue weighted by atomic mass is 10.1. The number of carbonyl (C=O) groups is 1. The van der Waals surface area contributed by atoms with Crippen molar-refractivity contribution in [2.45, 2.75) is 13.1 Å². The quantitative estimate of drug-likeness (QED) is 0.526. The molecule has 0 unspecified atom stereocenters. The third kappa shape index (κ3) is 3.66. The van der Waals surface area contributed by atoms with Crippen LogP contribution in [0.25, 0.3) is 11.0 Å². The molecule has 0 spiro atoms. The zero-order valence-electron chi connectivity index (χ0n) is 12.9. The molecule has 122 valence electrons. The number of alkyl halides is 1. The topological polar surface area (TPSA) is 50.5 Å². The summed E-state index contributed by atoms with van der Waals surface area (Å²) in [7, 11) is 0. The van der Waals surface area contributed by atoms with Gasteiger partial charge in [-0.05, 0) is 17.7 Å². The molecule has 0 N–H and O–H groups in total. The summed E-state index contributed by atoms with van der Waals surface area (Å²) in [5, 5.41) is 0.824. The number of para-hydroxylation sites is 1. The Morgan fingerprint density at radius 3 is 2.46 bits per heavy atom. The van der Waals surface area contributed by atoms with Gasteiger partial charge in [0.1, 0.15) is 11.5 Å². The second-order valence-electron chi connectivity index (χ2n) is 5.47. The average molecular weight is 342 g/mol. The van der Waals surface area contributed by atoms with Gasteiger partial charge in [-0.25, -0.2) is 4.79 Å². The summed E-state index contributed by atoms with van der Waals surface area (Å²) in [6, 6.07) is 18.6. The van der Waals surface area contributed by atoms with E-state index in [1.54, 1.807) is 17.0 Å². The minimum Gasteiger partial charge on any atom is -0.422 e. The van der Waals surface area contributed by atoms with E-state index in [1.807, 2.05) is 48.5 Å². The first-order chi connectivity index (χ1) is 11.7. The lowest BCUT2D eigenvalue weighted by molar-refractivity contribution is -0.129. The molecule has 0 atom stereocenters. The standard InChI is InChI=1S/C19H16ClNO3/c20-11-18(22)21(12-14-6-2-1-3-7-14)13-16-10-15-8-4-5-9-17(15)24-19(16)23/h1-10H,11-13H2. The molecule has 0 saturated heterocycles. The van der Waals surface area contributed by atoms with Crippen LogP contribution in [0.1, 0.15) is 11.1 Å². The molecule has 0 bridgehead atoms. The van der Waals surface area contributed by atoms with Crippen LogP contribution in [0.4, 0.5) is 0 Å². The molecule has 1 amide bonds. The SMILES string of the molecule is O=C(CCl)N(Cc1ccccc1)Cc1cc2ccccc2oc1=O. The third-order valence-corrected chi connectivity index (χ3v) is 3.99. The Hall–Kier alpha value is -2.59. The van der Waals surface area contributed by atoms with E-state index in [1.165, 1.54) is 0 Å². The highest BCUT2D eigenvalue weighted by Crippen LogP contribution is 2.15. The van der Waals surface area contributed by atoms with E-state index in [-0.39, 0.29) is 18.3 Å². The first kappa shape index (κ1) is 16.3. The Labute approximate surface area is 144 Å². The number of rotatable bonds is 5. The highest BCUT2D eigenvalue weighted by Gasteiger charge is 2.16. The largest absolute Gasteiger partial charge is 0.422 e. The predicted molar refractivity (Wildman–Crippen MR) is 93.9 cm³/mol. The number of amides is 1. The van der Waals surface area contributed by atoms with E-state index in [4.69, 9.17) is 16.0 Å². The number of carbonyl (C=O) groups excluding carboxylic acids is 1. The van der Waals surface area contributed by atoms with Gasteiger partial charge < -0.3 is 9.32 Å². The van der Waals surface area contributed by atoms with Gasteiger partial charge in [-0.2, -0.15) is 0 Å². The molecule has 2 aromatic carbocycles. The van der Waals surface area contributed by atoms with Crippen molar-refractivity contribution in [2.75, 3.05) is 5.88 Å². The van der Waals surface area contributed by atoms with Crippen LogP contribution < -0.4 is 5.63 Å². The highest BCUT2D eigenvalue weighted by atomic mass is 35.5. The van der Waals surface area contributed by atoms with Gasteiger partial charge in [-0.1, -0.05) is 48.5 Å². The molecule has 0 saturated carbocycles. The molecule has 4 nitrogen and oxygen atoms in total. The third-order valence-electron chi connectivity index (χ3n) is 3.76. The molecule has 1 aromatic heterocycles. The summed E-state index contributed by atoms with van der Waals surface area (Å²) in [4.78, 5) is 25.9. The van der Waals surface area contributed by atoms with Gasteiger partial charge in [0.2, 0.25) is 5.91 Å². The number of hydrogen-bond acceptors (Lipinski definition) is 3. The Balaban J connectivity index is 1.91. The van der Waals surface area contributed by atoms with Crippen molar-refractivity contribution in [1.82, 2.24) is 4.90 Å². The summed E-state index contributed by atoms with van der Waals surface area (Å²) in [5.41, 5.74) is 1.50. The number of hydrogen-bond donors (Lipinski definition) is 0. The normalized spacial score (nSPS) is 10.7. The van der Waals surface area contributed by atoms with Crippen molar-refractivity contribution in [3.8, 4) is 0 Å². The van der Waals surface area contributed by atoms with Gasteiger partial charge in [0.05, 0.1) is 12.1 Å². The number of fused-ring (bicyclic) bond motifs is 1. The molecule has 0 aliphatic carbocycles. The minimum atomic E-state index is -0.436. The van der Waals surface area contributed by atoms with Gasteiger partial charge in [0.15, 0.2) is 0 Å². The van der Waals surface area contributed by atoms with Crippen molar-refractivity contribution >= 4 is 28.5 Å². The van der Waals surface area contributed by atoms with Crippen LogP contribution in [0, 0.1) is 0 Å². The van der Waals surface area contributed by atoms with E-state index in [0.29, 0.717) is 17.7 Å². The Morgan fingerprint density at radius 2 is 1.71 bits per heavy atom. The summed E-state index contributed by atoms with van der Waals surface area (Å²) >= 11 is 5.72. The van der Waals surface area contributed by atoms with Crippen molar-refractivity contribution in [3.63, 3.8) is 0 Å². The van der Waals surface area contributed by atoms with Crippen molar-refractivity contribution < 1.29 is 9.21 Å². The average Bonchev–Trinajstić information content (AvgIpc) is 2.62. The fourth-order valence-corrected chi connectivity index (χ4v) is 2.71. The van der Waals surface area contributed by atoms with Crippen LogP contribution in [0.15, 0.2) is 69.9 Å². The fourth-order valence-electron chi connectivity index (χ4n) is 2.54. The van der Waals surface area contributed by atoms with E-state index in [0.717, 1.165) is 10.9 Å². The first-order valence-electron chi connectivity index (χ1n) is 7.57. The van der Waals surface area contributed by atoms with Gasteiger partial charge in [0, 0.05) is 11.9 Å². The smallest absolute Gasteiger partial charge is 0.341 e. The second kappa shape index (κ2) is 7.32. The monoisotopic (exact) mass is 341 g/mol. The molecule has 1 heterocycles. The Kier molecular flexibility index (Phi) is 4.96. The number of nitrogens with zero attached hydrogens (tertiary/aromatic N) is 1. The molecule has 5 heteroatoms. The maximum absolute atomic E-state index is 12.2. The van der Waals surface area contributed by atoms with Crippen molar-refractivity contribution in [2.24, 2.45) is 0 Å². The maximum atomic E-state index is 12.2. The van der Waals surface area contributed by atoms with Crippen LogP contribution >= 0.6 is 11.6 Å². The predicted octanol–water partition coefficient (Wildman–Crippen LogP) is 3.56. The molecule has 0 aliphatic heterocycles. The molecule has 0 radical (unpaired) electrons. The van der Waals surface area contributed by atoms with Crippen molar-refractivity contribution in [3.05, 3.63) is 82.2 Å². The van der Waals surface area contributed by atoms with Crippen LogP contribution in [-0.2, 0) is 17.9 Å². The van der Waals surface area contributed by atoms with E-state index in [9.17, 15) is 9.59 Å². The zero-order valence-corrected chi connectivity index (χ0v) is 13.7. The van der Waals surface area contributed by atoms with Crippen LogP contribution in [0.5, 0.6) is 0 Å². The second-order valence-corrected chi connectivity index (χ2v) is 5.73. The number of halogens is 1. The molecule has 0 fully saturated rings. The van der Waals surface area contributed by atoms with Gasteiger partial charge in [-0.3, -0.25) is 4.79 Å². The molecule has 3 aromatic rings. The van der Waals surface area contributed by atoms with Crippen LogP contribution in [0.3, 0.4) is 0 Å². The van der Waals surface area contributed by atoms with Gasteiger partial charge in [-0.15, -0.1) is 11.6 Å². The minimum absolute atomic E-state index is 0.133. The molecular weight excluding hydrogens is 326 g/mol. The maximum Gasteiger partial charge on any atom is 0.341 e. The van der Waals surface area contributed by atoms with Crippen LogP contribution in [-0.4, -0.2) is 16.7 Å². The molecule has 24 heavy (non-hydrogen) atoms. The first-order valence-corrected chi connectivity index (χ1v) is 8.10. The fraction of sp³-hybridized carbons (Fsp3) is 0.158.